The van der Waals surface area contributed by atoms with Crippen molar-refractivity contribution in [2.24, 2.45) is 0 Å². The molecule has 0 radical (unpaired) electrons. The molecule has 2 N–H and O–H groups in total. The van der Waals surface area contributed by atoms with Gasteiger partial charge in [-0.05, 0) is 49.6 Å². The third-order valence-electron chi connectivity index (χ3n) is 5.40. The Bertz CT molecular complexity index is 998. The van der Waals surface area contributed by atoms with Gasteiger partial charge in [-0.15, -0.1) is 0 Å². The highest BCUT2D eigenvalue weighted by molar-refractivity contribution is 5.85. The minimum Gasteiger partial charge on any atom is -0.493 e. The van der Waals surface area contributed by atoms with E-state index in [1.54, 1.807) is 7.11 Å². The third kappa shape index (κ3) is 5.20. The Morgan fingerprint density at radius 2 is 1.87 bits per heavy atom. The van der Waals surface area contributed by atoms with E-state index in [9.17, 15) is 4.79 Å². The smallest absolute Gasteiger partial charge is 0.249 e. The number of ether oxygens (including phenoxy) is 3. The van der Waals surface area contributed by atoms with Gasteiger partial charge in [0.25, 0.3) is 0 Å². The van der Waals surface area contributed by atoms with E-state index < -0.39 is 6.10 Å². The summed E-state index contributed by atoms with van der Waals surface area (Å²) in [6.07, 6.45) is 2.21. The Kier molecular flexibility index (Phi) is 7.95. The molecule has 3 rings (SSSR count). The Morgan fingerprint density at radius 3 is 2.58 bits per heavy atom. The average Bonchev–Trinajstić information content (AvgIpc) is 3.22. The molecular weight excluding hydrogens is 392 g/mol. The molecule has 1 amide bonds. The highest BCUT2D eigenvalue weighted by Crippen LogP contribution is 2.35. The molecule has 0 bridgehead atoms. The fourth-order valence-electron chi connectivity index (χ4n) is 3.86. The van der Waals surface area contributed by atoms with Crippen LogP contribution < -0.4 is 14.8 Å². The van der Waals surface area contributed by atoms with E-state index in [0.29, 0.717) is 37.7 Å². The molecule has 1 heterocycles. The summed E-state index contributed by atoms with van der Waals surface area (Å²) < 4.78 is 16.8. The molecule has 166 valence electrons. The highest BCUT2D eigenvalue weighted by Gasteiger charge is 2.23. The van der Waals surface area contributed by atoms with Gasteiger partial charge in [0, 0.05) is 36.2 Å². The first-order valence-corrected chi connectivity index (χ1v) is 10.9. The number of para-hydroxylation sites is 1. The summed E-state index contributed by atoms with van der Waals surface area (Å²) in [7, 11) is 1.64. The van der Waals surface area contributed by atoms with E-state index in [-0.39, 0.29) is 11.8 Å². The lowest BCUT2D eigenvalue weighted by Gasteiger charge is -2.22. The van der Waals surface area contributed by atoms with Crippen LogP contribution in [0.5, 0.6) is 11.5 Å². The number of nitrogens with one attached hydrogen (secondary N) is 2. The van der Waals surface area contributed by atoms with Crippen molar-refractivity contribution >= 4 is 16.8 Å². The number of hydrogen-bond acceptors (Lipinski definition) is 4. The standard InChI is InChI=1S/C25H32N2O4/c1-5-22(30-6-2)25(28)27-15-19(20-16-26-21-11-9-8-10-18(20)21)17-12-13-23(31-7-3)24(14-17)29-4/h8-14,16,19,22,26H,5-7,15H2,1-4H3,(H,27,28)/t19-,22-/m0/s1. The normalized spacial score (nSPS) is 13.0. The number of aromatic nitrogens is 1. The van der Waals surface area contributed by atoms with Gasteiger partial charge >= 0.3 is 0 Å². The molecular formula is C25H32N2O4. The van der Waals surface area contributed by atoms with Crippen molar-refractivity contribution in [1.29, 1.82) is 0 Å². The van der Waals surface area contributed by atoms with Gasteiger partial charge in [0.2, 0.25) is 5.91 Å². The van der Waals surface area contributed by atoms with Gasteiger partial charge in [-0.1, -0.05) is 31.2 Å². The fourth-order valence-corrected chi connectivity index (χ4v) is 3.86. The molecule has 0 spiro atoms. The lowest BCUT2D eigenvalue weighted by Crippen LogP contribution is -2.38. The van der Waals surface area contributed by atoms with Crippen LogP contribution in [0.3, 0.4) is 0 Å². The summed E-state index contributed by atoms with van der Waals surface area (Å²) in [5.74, 6) is 1.23. The van der Waals surface area contributed by atoms with Crippen molar-refractivity contribution in [3.05, 3.63) is 59.8 Å². The topological polar surface area (TPSA) is 72.6 Å². The monoisotopic (exact) mass is 424 g/mol. The number of amides is 1. The van der Waals surface area contributed by atoms with Crippen LogP contribution in [0.4, 0.5) is 0 Å². The fraction of sp³-hybridized carbons (Fsp3) is 0.400. The summed E-state index contributed by atoms with van der Waals surface area (Å²) in [6.45, 7) is 7.31. The second-order valence-corrected chi connectivity index (χ2v) is 7.28. The number of carbonyl (C=O) groups is 1. The SMILES string of the molecule is CCOc1ccc([C@H](CNC(=O)[C@H](CC)OCC)c2c[nH]c3ccccc23)cc1OC. The molecule has 0 aliphatic carbocycles. The van der Waals surface area contributed by atoms with Crippen LogP contribution in [0.15, 0.2) is 48.7 Å². The zero-order valence-electron chi connectivity index (χ0n) is 18.7. The minimum atomic E-state index is -0.441. The van der Waals surface area contributed by atoms with E-state index in [0.717, 1.165) is 22.0 Å². The Hall–Kier alpha value is -2.99. The summed E-state index contributed by atoms with van der Waals surface area (Å²) in [6, 6.07) is 14.1. The zero-order chi connectivity index (χ0) is 22.2. The maximum Gasteiger partial charge on any atom is 0.249 e. The predicted molar refractivity (Wildman–Crippen MR) is 123 cm³/mol. The van der Waals surface area contributed by atoms with E-state index >= 15 is 0 Å². The van der Waals surface area contributed by atoms with Crippen LogP contribution in [0.1, 0.15) is 44.2 Å². The molecule has 2 aromatic carbocycles. The molecule has 6 heteroatoms. The van der Waals surface area contributed by atoms with Gasteiger partial charge in [0.1, 0.15) is 6.10 Å². The average molecular weight is 425 g/mol. The molecule has 0 aliphatic heterocycles. The number of benzene rings is 2. The second-order valence-electron chi connectivity index (χ2n) is 7.28. The minimum absolute atomic E-state index is 0.0659. The number of methoxy groups -OCH3 is 1. The van der Waals surface area contributed by atoms with Crippen molar-refractivity contribution in [3.63, 3.8) is 0 Å². The molecule has 0 fully saturated rings. The van der Waals surface area contributed by atoms with E-state index in [1.165, 1.54) is 0 Å². The summed E-state index contributed by atoms with van der Waals surface area (Å²) in [5, 5.41) is 4.23. The number of carbonyl (C=O) groups excluding carboxylic acids is 1. The molecule has 0 aliphatic rings. The molecule has 1 aromatic heterocycles. The van der Waals surface area contributed by atoms with Crippen molar-refractivity contribution in [2.75, 3.05) is 26.9 Å². The van der Waals surface area contributed by atoms with E-state index in [1.807, 2.05) is 57.3 Å². The maximum absolute atomic E-state index is 12.7. The predicted octanol–water partition coefficient (Wildman–Crippen LogP) is 4.64. The largest absolute Gasteiger partial charge is 0.493 e. The van der Waals surface area contributed by atoms with Crippen molar-refractivity contribution in [3.8, 4) is 11.5 Å². The molecule has 6 nitrogen and oxygen atoms in total. The van der Waals surface area contributed by atoms with Gasteiger partial charge in [0.05, 0.1) is 13.7 Å². The number of H-pyrrole nitrogens is 1. The van der Waals surface area contributed by atoms with Crippen LogP contribution in [0, 0.1) is 0 Å². The van der Waals surface area contributed by atoms with E-state index in [2.05, 4.69) is 22.4 Å². The first kappa shape index (κ1) is 22.7. The van der Waals surface area contributed by atoms with E-state index in [4.69, 9.17) is 14.2 Å². The molecule has 31 heavy (non-hydrogen) atoms. The molecule has 0 saturated heterocycles. The van der Waals surface area contributed by atoms with Crippen LogP contribution >= 0.6 is 0 Å². The third-order valence-corrected chi connectivity index (χ3v) is 5.40. The number of fused-ring (bicyclic) bond motifs is 1. The van der Waals surface area contributed by atoms with Gasteiger partial charge in [-0.3, -0.25) is 4.79 Å². The van der Waals surface area contributed by atoms with Gasteiger partial charge in [0.15, 0.2) is 11.5 Å². The number of hydrogen-bond donors (Lipinski definition) is 2. The Balaban J connectivity index is 1.96. The Labute approximate surface area is 183 Å². The lowest BCUT2D eigenvalue weighted by atomic mass is 9.90. The zero-order valence-corrected chi connectivity index (χ0v) is 18.7. The van der Waals surface area contributed by atoms with Crippen LogP contribution in [-0.4, -0.2) is 43.9 Å². The summed E-state index contributed by atoms with van der Waals surface area (Å²) in [4.78, 5) is 16.1. The number of aromatic amines is 1. The summed E-state index contributed by atoms with van der Waals surface area (Å²) in [5.41, 5.74) is 3.22. The highest BCUT2D eigenvalue weighted by atomic mass is 16.5. The number of rotatable bonds is 11. The van der Waals surface area contributed by atoms with Gasteiger partial charge in [-0.25, -0.2) is 0 Å². The van der Waals surface area contributed by atoms with Crippen molar-refractivity contribution in [2.45, 2.75) is 39.2 Å². The van der Waals surface area contributed by atoms with Crippen molar-refractivity contribution in [1.82, 2.24) is 10.3 Å². The van der Waals surface area contributed by atoms with Crippen LogP contribution in [0.2, 0.25) is 0 Å². The molecule has 2 atom stereocenters. The maximum atomic E-state index is 12.7. The van der Waals surface area contributed by atoms with Crippen LogP contribution in [-0.2, 0) is 9.53 Å². The van der Waals surface area contributed by atoms with Crippen LogP contribution in [0.25, 0.3) is 10.9 Å². The van der Waals surface area contributed by atoms with Crippen molar-refractivity contribution < 1.29 is 19.0 Å². The lowest BCUT2D eigenvalue weighted by molar-refractivity contribution is -0.132. The molecule has 0 saturated carbocycles. The van der Waals surface area contributed by atoms with Gasteiger partial charge in [-0.2, -0.15) is 0 Å². The quantitative estimate of drug-likeness (QED) is 0.470. The first-order chi connectivity index (χ1) is 15.1. The first-order valence-electron chi connectivity index (χ1n) is 10.9. The molecule has 3 aromatic rings. The summed E-state index contributed by atoms with van der Waals surface area (Å²) >= 11 is 0. The Morgan fingerprint density at radius 1 is 1.06 bits per heavy atom. The second kappa shape index (κ2) is 10.9. The molecule has 0 unspecified atom stereocenters. The van der Waals surface area contributed by atoms with Gasteiger partial charge < -0.3 is 24.5 Å².